The zero-order valence-corrected chi connectivity index (χ0v) is 34.4. The van der Waals surface area contributed by atoms with Gasteiger partial charge < -0.3 is 24.2 Å². The van der Waals surface area contributed by atoms with Gasteiger partial charge in [0.2, 0.25) is 0 Å². The standard InChI is InChI=1S/C46H47N5O6Si/c1-29-43(58(4,5)36-19-16-34(55-2)17-20-36)41(22-24-49-28-32(23-25-52)47-48-49)57-46(29)38-26-35(56-3)18-21-39(38)50(45(46)54)27-30-12-14-33(15-13-30)51-40-11-7-9-31-8-6-10-37(42(31)40)44(51)53/h6-21,26,28-29,41,43,52H,22-25,27H2,1-5H3/t29-,41+,43-,46+/m1/s1. The molecule has 296 valence electrons. The van der Waals surface area contributed by atoms with Crippen molar-refractivity contribution in [2.75, 3.05) is 30.6 Å². The van der Waals surface area contributed by atoms with E-state index >= 15 is 4.79 Å². The Balaban J connectivity index is 1.06. The van der Waals surface area contributed by atoms with Crippen LogP contribution in [0.15, 0.2) is 109 Å². The van der Waals surface area contributed by atoms with Crippen molar-refractivity contribution in [2.24, 2.45) is 5.92 Å². The Labute approximate surface area is 338 Å². The van der Waals surface area contributed by atoms with Crippen LogP contribution in [0, 0.1) is 5.92 Å². The maximum atomic E-state index is 15.4. The number of carbonyl (C=O) groups excluding carboxylic acids is 2. The average molecular weight is 794 g/mol. The van der Waals surface area contributed by atoms with Gasteiger partial charge >= 0.3 is 0 Å². The first kappa shape index (κ1) is 37.7. The molecule has 2 amide bonds. The van der Waals surface area contributed by atoms with E-state index in [1.54, 1.807) is 23.8 Å². The lowest BCUT2D eigenvalue weighted by Gasteiger charge is -2.37. The van der Waals surface area contributed by atoms with E-state index in [4.69, 9.17) is 14.2 Å². The van der Waals surface area contributed by atoms with Crippen LogP contribution in [0.1, 0.15) is 40.5 Å². The van der Waals surface area contributed by atoms with Crippen LogP contribution in [0.5, 0.6) is 11.5 Å². The van der Waals surface area contributed by atoms with E-state index in [-0.39, 0.29) is 36.0 Å². The van der Waals surface area contributed by atoms with Gasteiger partial charge in [-0.25, -0.2) is 0 Å². The highest BCUT2D eigenvalue weighted by Gasteiger charge is 2.66. The second kappa shape index (κ2) is 14.5. The predicted octanol–water partition coefficient (Wildman–Crippen LogP) is 7.13. The number of aromatic nitrogens is 3. The number of hydrogen-bond donors (Lipinski definition) is 1. The highest BCUT2D eigenvalue weighted by Crippen LogP contribution is 2.60. The van der Waals surface area contributed by atoms with Crippen LogP contribution < -0.4 is 24.5 Å². The molecule has 4 heterocycles. The number of ether oxygens (including phenoxy) is 3. The Morgan fingerprint density at radius 3 is 2.33 bits per heavy atom. The second-order valence-corrected chi connectivity index (χ2v) is 20.8. The van der Waals surface area contributed by atoms with Crippen molar-refractivity contribution in [3.63, 3.8) is 0 Å². The topological polar surface area (TPSA) is 119 Å². The highest BCUT2D eigenvalue weighted by molar-refractivity contribution is 6.91. The Bertz CT molecular complexity index is 2530. The smallest absolute Gasteiger partial charge is 0.264 e. The number of anilines is 3. The quantitative estimate of drug-likeness (QED) is 0.130. The number of benzene rings is 5. The van der Waals surface area contributed by atoms with Crippen molar-refractivity contribution in [2.45, 2.75) is 63.2 Å². The zero-order valence-electron chi connectivity index (χ0n) is 33.4. The summed E-state index contributed by atoms with van der Waals surface area (Å²) in [6.45, 7) is 7.79. The molecule has 1 spiro atoms. The molecule has 0 bridgehead atoms. The summed E-state index contributed by atoms with van der Waals surface area (Å²) in [5.74, 6) is 1.11. The minimum absolute atomic E-state index is 0.00355. The summed E-state index contributed by atoms with van der Waals surface area (Å²) in [5.41, 5.74) is 4.39. The minimum Gasteiger partial charge on any atom is -0.497 e. The molecule has 58 heavy (non-hydrogen) atoms. The maximum absolute atomic E-state index is 15.4. The van der Waals surface area contributed by atoms with Crippen molar-refractivity contribution in [3.8, 4) is 11.5 Å². The van der Waals surface area contributed by atoms with Gasteiger partial charge in [0.25, 0.3) is 11.8 Å². The molecular weight excluding hydrogens is 747 g/mol. The lowest BCUT2D eigenvalue weighted by atomic mass is 9.82. The van der Waals surface area contributed by atoms with E-state index in [2.05, 4.69) is 42.5 Å². The van der Waals surface area contributed by atoms with Crippen molar-refractivity contribution < 1.29 is 28.9 Å². The van der Waals surface area contributed by atoms with Crippen LogP contribution in [0.4, 0.5) is 17.1 Å². The molecule has 0 saturated carbocycles. The number of fused-ring (bicyclic) bond motifs is 2. The molecule has 0 unspecified atom stereocenters. The highest BCUT2D eigenvalue weighted by atomic mass is 28.3. The fourth-order valence-electron chi connectivity index (χ4n) is 9.89. The number of aryl methyl sites for hydroxylation is 1. The SMILES string of the molecule is COc1ccc([Si](C)(C)[C@H]2[C@H](CCn3cc(CCO)nn3)O[C@@]3(C(=O)N(Cc4ccc(N5C(=O)c6cccc7cccc5c67)cc4)c4ccc(OC)cc43)[C@@H]2C)cc1. The molecule has 0 aliphatic carbocycles. The van der Waals surface area contributed by atoms with E-state index in [1.165, 1.54) is 5.19 Å². The molecule has 1 saturated heterocycles. The van der Waals surface area contributed by atoms with Gasteiger partial charge in [0, 0.05) is 48.3 Å². The van der Waals surface area contributed by atoms with Gasteiger partial charge in [-0.05, 0) is 77.5 Å². The van der Waals surface area contributed by atoms with Gasteiger partial charge in [0.15, 0.2) is 5.60 Å². The number of nitrogens with zero attached hydrogens (tertiary/aromatic N) is 5. The molecule has 3 aliphatic heterocycles. The number of rotatable bonds is 12. The number of methoxy groups -OCH3 is 2. The van der Waals surface area contributed by atoms with E-state index in [0.717, 1.165) is 50.4 Å². The van der Waals surface area contributed by atoms with E-state index in [1.807, 2.05) is 102 Å². The Morgan fingerprint density at radius 1 is 0.879 bits per heavy atom. The third kappa shape index (κ3) is 5.92. The van der Waals surface area contributed by atoms with Crippen LogP contribution >= 0.6 is 0 Å². The minimum atomic E-state index is -2.38. The van der Waals surface area contributed by atoms with Gasteiger partial charge in [-0.2, -0.15) is 0 Å². The van der Waals surface area contributed by atoms with Crippen LogP contribution in [0.3, 0.4) is 0 Å². The molecule has 12 heteroatoms. The molecule has 11 nitrogen and oxygen atoms in total. The Kier molecular flexibility index (Phi) is 9.45. The van der Waals surface area contributed by atoms with E-state index in [0.29, 0.717) is 37.2 Å². The monoisotopic (exact) mass is 793 g/mol. The zero-order chi connectivity index (χ0) is 40.3. The molecule has 6 aromatic rings. The van der Waals surface area contributed by atoms with Crippen LogP contribution in [0.25, 0.3) is 10.8 Å². The third-order valence-electron chi connectivity index (χ3n) is 12.7. The summed E-state index contributed by atoms with van der Waals surface area (Å²) >= 11 is 0. The van der Waals surface area contributed by atoms with Gasteiger partial charge in [0.05, 0.1) is 57.6 Å². The van der Waals surface area contributed by atoms with E-state index < -0.39 is 13.7 Å². The van der Waals surface area contributed by atoms with E-state index in [9.17, 15) is 9.90 Å². The Hall–Kier alpha value is -5.82. The fraction of sp³-hybridized carbons (Fsp3) is 0.304. The largest absolute Gasteiger partial charge is 0.497 e. The molecule has 4 atom stereocenters. The summed E-state index contributed by atoms with van der Waals surface area (Å²) < 4.78 is 20.4. The summed E-state index contributed by atoms with van der Waals surface area (Å²) in [6, 6.07) is 34.0. The maximum Gasteiger partial charge on any atom is 0.264 e. The molecule has 1 N–H and O–H groups in total. The summed E-state index contributed by atoms with van der Waals surface area (Å²) in [4.78, 5) is 32.7. The predicted molar refractivity (Wildman–Crippen MR) is 226 cm³/mol. The summed E-state index contributed by atoms with van der Waals surface area (Å²) in [6.07, 6.45) is 2.65. The third-order valence-corrected chi connectivity index (χ3v) is 17.1. The van der Waals surface area contributed by atoms with Gasteiger partial charge in [-0.3, -0.25) is 19.2 Å². The first-order chi connectivity index (χ1) is 28.1. The first-order valence-corrected chi connectivity index (χ1v) is 22.9. The summed E-state index contributed by atoms with van der Waals surface area (Å²) in [7, 11) is 0.938. The van der Waals surface area contributed by atoms with Crippen molar-refractivity contribution in [1.29, 1.82) is 0 Å². The number of amides is 2. The van der Waals surface area contributed by atoms with Crippen LogP contribution in [-0.4, -0.2) is 66.9 Å². The molecule has 1 aromatic heterocycles. The number of aliphatic hydroxyl groups excluding tert-OH is 1. The molecule has 0 radical (unpaired) electrons. The second-order valence-electron chi connectivity index (χ2n) is 16.2. The van der Waals surface area contributed by atoms with Crippen LogP contribution in [-0.2, 0) is 34.6 Å². The first-order valence-electron chi connectivity index (χ1n) is 19.9. The summed E-state index contributed by atoms with van der Waals surface area (Å²) in [5, 5.41) is 21.3. The average Bonchev–Trinajstić information content (AvgIpc) is 3.96. The Morgan fingerprint density at radius 2 is 1.60 bits per heavy atom. The van der Waals surface area contributed by atoms with Crippen molar-refractivity contribution in [3.05, 3.63) is 132 Å². The van der Waals surface area contributed by atoms with Gasteiger partial charge in [0.1, 0.15) is 11.5 Å². The fourth-order valence-corrected chi connectivity index (χ4v) is 13.9. The number of carbonyl (C=O) groups is 2. The lowest BCUT2D eigenvalue weighted by molar-refractivity contribution is -0.146. The normalized spacial score (nSPS) is 21.1. The van der Waals surface area contributed by atoms with Crippen molar-refractivity contribution >= 4 is 52.9 Å². The van der Waals surface area contributed by atoms with Crippen molar-refractivity contribution in [1.82, 2.24) is 15.0 Å². The van der Waals surface area contributed by atoms with Crippen LogP contribution in [0.2, 0.25) is 18.6 Å². The van der Waals surface area contributed by atoms with Gasteiger partial charge in [-0.15, -0.1) is 5.10 Å². The molecule has 1 fully saturated rings. The molecule has 9 rings (SSSR count). The molecule has 3 aliphatic rings. The molecular formula is C46H47N5O6Si. The van der Waals surface area contributed by atoms with Gasteiger partial charge in [-0.1, -0.05) is 78.9 Å². The lowest BCUT2D eigenvalue weighted by Crippen LogP contribution is -2.51. The number of aliphatic hydroxyl groups is 1. The number of hydrogen-bond acceptors (Lipinski definition) is 8. The molecule has 5 aromatic carbocycles.